The maximum Gasteiger partial charge on any atom is 0.312 e. The van der Waals surface area contributed by atoms with E-state index in [4.69, 9.17) is 27.9 Å². The van der Waals surface area contributed by atoms with Gasteiger partial charge in [-0.2, -0.15) is 5.10 Å². The lowest BCUT2D eigenvalue weighted by atomic mass is 10.1. The highest BCUT2D eigenvalue weighted by Crippen LogP contribution is 2.26. The van der Waals surface area contributed by atoms with Gasteiger partial charge in [0, 0.05) is 15.4 Å². The zero-order chi connectivity index (χ0) is 21.8. The smallest absolute Gasteiger partial charge is 0.312 e. The van der Waals surface area contributed by atoms with Crippen LogP contribution >= 0.6 is 23.2 Å². The number of benzene rings is 2. The highest BCUT2D eigenvalue weighted by molar-refractivity contribution is 6.35. The third kappa shape index (κ3) is 4.98. The fourth-order valence-electron chi connectivity index (χ4n) is 3.00. The van der Waals surface area contributed by atoms with Crippen LogP contribution in [0.15, 0.2) is 47.3 Å². The predicted molar refractivity (Wildman–Crippen MR) is 115 cm³/mol. The second-order valence-electron chi connectivity index (χ2n) is 6.75. The van der Waals surface area contributed by atoms with E-state index in [-0.39, 0.29) is 12.0 Å². The van der Waals surface area contributed by atoms with Crippen LogP contribution in [0.25, 0.3) is 10.8 Å². The number of hydrogen-bond donors (Lipinski definition) is 2. The molecule has 0 fully saturated rings. The van der Waals surface area contributed by atoms with Gasteiger partial charge in [0.2, 0.25) is 0 Å². The summed E-state index contributed by atoms with van der Waals surface area (Å²) in [5.74, 6) is -1.11. The first-order chi connectivity index (χ1) is 14.3. The molecule has 156 valence electrons. The van der Waals surface area contributed by atoms with Crippen LogP contribution in [-0.2, 0) is 20.7 Å². The number of hydrogen-bond acceptors (Lipinski definition) is 5. The van der Waals surface area contributed by atoms with Gasteiger partial charge in [-0.3, -0.25) is 14.4 Å². The minimum absolute atomic E-state index is 0.187. The summed E-state index contributed by atoms with van der Waals surface area (Å²) in [7, 11) is 0. The van der Waals surface area contributed by atoms with Crippen LogP contribution in [0.2, 0.25) is 10.0 Å². The van der Waals surface area contributed by atoms with Crippen molar-refractivity contribution in [2.24, 2.45) is 0 Å². The number of halogens is 2. The van der Waals surface area contributed by atoms with Crippen molar-refractivity contribution in [2.45, 2.75) is 32.4 Å². The van der Waals surface area contributed by atoms with Crippen molar-refractivity contribution in [3.63, 3.8) is 0 Å². The highest BCUT2D eigenvalue weighted by Gasteiger charge is 2.22. The number of nitrogens with zero attached hydrogens (tertiary/aromatic N) is 1. The van der Waals surface area contributed by atoms with Crippen LogP contribution in [0.3, 0.4) is 0 Å². The number of ether oxygens (including phenoxy) is 1. The molecule has 3 rings (SSSR count). The monoisotopic (exact) mass is 447 g/mol. The molecule has 0 aliphatic rings. The lowest BCUT2D eigenvalue weighted by molar-refractivity contribution is -0.154. The van der Waals surface area contributed by atoms with Crippen LogP contribution in [-0.4, -0.2) is 28.2 Å². The summed E-state index contributed by atoms with van der Waals surface area (Å²) < 4.78 is 5.24. The number of aromatic amines is 1. The molecule has 2 aromatic carbocycles. The lowest BCUT2D eigenvalue weighted by Crippen LogP contribution is -2.37. The summed E-state index contributed by atoms with van der Waals surface area (Å²) in [4.78, 5) is 36.6. The first-order valence-electron chi connectivity index (χ1n) is 9.17. The van der Waals surface area contributed by atoms with Gasteiger partial charge in [-0.1, -0.05) is 47.5 Å². The Morgan fingerprint density at radius 2 is 1.83 bits per heavy atom. The molecule has 2 atom stereocenters. The van der Waals surface area contributed by atoms with E-state index in [1.54, 1.807) is 49.4 Å². The maximum absolute atomic E-state index is 12.4. The van der Waals surface area contributed by atoms with Crippen molar-refractivity contribution in [2.75, 3.05) is 0 Å². The zero-order valence-corrected chi connectivity index (χ0v) is 17.8. The molecule has 0 spiro atoms. The van der Waals surface area contributed by atoms with Gasteiger partial charge in [0.15, 0.2) is 6.10 Å². The summed E-state index contributed by atoms with van der Waals surface area (Å²) in [5.41, 5.74) is 0.714. The van der Waals surface area contributed by atoms with E-state index in [0.29, 0.717) is 32.1 Å². The van der Waals surface area contributed by atoms with Crippen molar-refractivity contribution < 1.29 is 14.3 Å². The normalized spacial score (nSPS) is 12.9. The number of fused-ring (bicyclic) bond motifs is 1. The molecule has 30 heavy (non-hydrogen) atoms. The SMILES string of the molecule is CC(OC(=O)Cc1n[nH]c(=O)c2ccccc12)C(=O)NC(C)c1ccc(Cl)cc1Cl. The second-order valence-corrected chi connectivity index (χ2v) is 7.59. The van der Waals surface area contributed by atoms with E-state index in [0.717, 1.165) is 0 Å². The fraction of sp³-hybridized carbons (Fsp3) is 0.238. The molecule has 1 amide bonds. The molecular formula is C21H19Cl2N3O4. The molecule has 0 aliphatic carbocycles. The van der Waals surface area contributed by atoms with Gasteiger partial charge in [0.25, 0.3) is 11.5 Å². The summed E-state index contributed by atoms with van der Waals surface area (Å²) in [6, 6.07) is 11.4. The Morgan fingerprint density at radius 3 is 2.53 bits per heavy atom. The number of carbonyl (C=O) groups excluding carboxylic acids is 2. The molecule has 0 radical (unpaired) electrons. The minimum Gasteiger partial charge on any atom is -0.452 e. The molecule has 2 unspecified atom stereocenters. The van der Waals surface area contributed by atoms with Gasteiger partial charge >= 0.3 is 5.97 Å². The van der Waals surface area contributed by atoms with Gasteiger partial charge < -0.3 is 10.1 Å². The molecule has 3 aromatic rings. The second kappa shape index (κ2) is 9.28. The van der Waals surface area contributed by atoms with E-state index in [1.165, 1.54) is 6.92 Å². The van der Waals surface area contributed by atoms with E-state index in [9.17, 15) is 14.4 Å². The van der Waals surface area contributed by atoms with Crippen LogP contribution in [0.1, 0.15) is 31.1 Å². The Bertz CT molecular complexity index is 1160. The van der Waals surface area contributed by atoms with Gasteiger partial charge in [-0.25, -0.2) is 5.10 Å². The summed E-state index contributed by atoms with van der Waals surface area (Å²) in [6.07, 6.45) is -1.21. The van der Waals surface area contributed by atoms with Crippen molar-refractivity contribution in [3.8, 4) is 0 Å². The van der Waals surface area contributed by atoms with Crippen molar-refractivity contribution in [1.82, 2.24) is 15.5 Å². The third-order valence-corrected chi connectivity index (χ3v) is 5.11. The summed E-state index contributed by atoms with van der Waals surface area (Å²) >= 11 is 12.1. The number of aromatic nitrogens is 2. The topological polar surface area (TPSA) is 101 Å². The van der Waals surface area contributed by atoms with Crippen LogP contribution in [0.4, 0.5) is 0 Å². The first kappa shape index (κ1) is 21.8. The van der Waals surface area contributed by atoms with Crippen molar-refractivity contribution in [3.05, 3.63) is 74.1 Å². The number of nitrogens with one attached hydrogen (secondary N) is 2. The van der Waals surface area contributed by atoms with Crippen LogP contribution in [0.5, 0.6) is 0 Å². The Labute approximate surface area is 182 Å². The average Bonchev–Trinajstić information content (AvgIpc) is 2.70. The molecule has 2 N–H and O–H groups in total. The van der Waals surface area contributed by atoms with E-state index < -0.39 is 24.0 Å². The standard InChI is InChI=1S/C21H19Cl2N3O4/c1-11(14-8-7-13(22)9-17(14)23)24-20(28)12(2)30-19(27)10-18-15-5-3-4-6-16(15)21(29)26-25-18/h3-9,11-12H,10H2,1-2H3,(H,24,28)(H,26,29). The molecule has 1 aromatic heterocycles. The fourth-order valence-corrected chi connectivity index (χ4v) is 3.57. The van der Waals surface area contributed by atoms with Gasteiger partial charge in [-0.05, 0) is 37.6 Å². The summed E-state index contributed by atoms with van der Waals surface area (Å²) in [5, 5.41) is 11.0. The van der Waals surface area contributed by atoms with Gasteiger partial charge in [0.1, 0.15) is 0 Å². The molecule has 7 nitrogen and oxygen atoms in total. The zero-order valence-electron chi connectivity index (χ0n) is 16.2. The number of H-pyrrole nitrogens is 1. The van der Waals surface area contributed by atoms with Crippen LogP contribution < -0.4 is 10.9 Å². The summed E-state index contributed by atoms with van der Waals surface area (Å²) in [6.45, 7) is 3.24. The number of rotatable bonds is 6. The highest BCUT2D eigenvalue weighted by atomic mass is 35.5. The third-order valence-electron chi connectivity index (χ3n) is 4.55. The maximum atomic E-state index is 12.4. The van der Waals surface area contributed by atoms with Gasteiger partial charge in [-0.15, -0.1) is 0 Å². The van der Waals surface area contributed by atoms with Crippen molar-refractivity contribution in [1.29, 1.82) is 0 Å². The largest absolute Gasteiger partial charge is 0.452 e. The molecular weight excluding hydrogens is 429 g/mol. The predicted octanol–water partition coefficient (Wildman–Crippen LogP) is 3.58. The molecule has 0 saturated carbocycles. The Kier molecular flexibility index (Phi) is 6.74. The van der Waals surface area contributed by atoms with E-state index >= 15 is 0 Å². The number of amides is 1. The Morgan fingerprint density at radius 1 is 1.13 bits per heavy atom. The number of esters is 1. The first-order valence-corrected chi connectivity index (χ1v) is 9.93. The quantitative estimate of drug-likeness (QED) is 0.562. The van der Waals surface area contributed by atoms with E-state index in [2.05, 4.69) is 15.5 Å². The molecule has 1 heterocycles. The minimum atomic E-state index is -1.03. The molecule has 0 aliphatic heterocycles. The molecule has 0 saturated heterocycles. The molecule has 9 heteroatoms. The Hall–Kier alpha value is -2.90. The average molecular weight is 448 g/mol. The van der Waals surface area contributed by atoms with Crippen molar-refractivity contribution >= 4 is 45.9 Å². The Balaban J connectivity index is 1.63. The number of carbonyl (C=O) groups is 2. The lowest BCUT2D eigenvalue weighted by Gasteiger charge is -2.19. The van der Waals surface area contributed by atoms with Gasteiger partial charge in [0.05, 0.1) is 23.5 Å². The molecule has 0 bridgehead atoms. The van der Waals surface area contributed by atoms with E-state index in [1.807, 2.05) is 0 Å². The van der Waals surface area contributed by atoms with Crippen LogP contribution in [0, 0.1) is 0 Å².